The molecule has 1 amide bonds. The number of benzene rings is 2. The minimum Gasteiger partial charge on any atom is -0.457 e. The van der Waals surface area contributed by atoms with Gasteiger partial charge in [0.05, 0.1) is 12.2 Å². The number of carbonyl (C=O) groups excluding carboxylic acids is 1. The number of carbonyl (C=O) groups is 1. The SMILES string of the molecule is O=C(CN1CCC(NCc2ccccn2)CC1)Nc1ccc(Oc2ccccc2)cc1. The molecule has 3 aromatic rings. The molecule has 160 valence electrons. The van der Waals surface area contributed by atoms with Crippen LogP contribution in [-0.4, -0.2) is 41.5 Å². The Hall–Kier alpha value is -3.22. The number of pyridine rings is 1. The maximum absolute atomic E-state index is 12.4. The third-order valence-electron chi connectivity index (χ3n) is 5.37. The minimum atomic E-state index is 0.0108. The molecule has 0 unspecified atom stereocenters. The first-order valence-electron chi connectivity index (χ1n) is 10.7. The molecule has 0 spiro atoms. The molecule has 2 N–H and O–H groups in total. The van der Waals surface area contributed by atoms with Gasteiger partial charge in [0.25, 0.3) is 0 Å². The first-order chi connectivity index (χ1) is 15.2. The van der Waals surface area contributed by atoms with E-state index in [-0.39, 0.29) is 5.91 Å². The van der Waals surface area contributed by atoms with Crippen LogP contribution in [0.25, 0.3) is 0 Å². The van der Waals surface area contributed by atoms with Crippen molar-refractivity contribution in [1.82, 2.24) is 15.2 Å². The van der Waals surface area contributed by atoms with Gasteiger partial charge in [-0.3, -0.25) is 14.7 Å². The molecule has 1 aliphatic rings. The van der Waals surface area contributed by atoms with Crippen molar-refractivity contribution in [3.05, 3.63) is 84.7 Å². The van der Waals surface area contributed by atoms with Crippen molar-refractivity contribution in [2.24, 2.45) is 0 Å². The van der Waals surface area contributed by atoms with Gasteiger partial charge in [-0.25, -0.2) is 0 Å². The van der Waals surface area contributed by atoms with Crippen LogP contribution in [0.15, 0.2) is 79.0 Å². The first-order valence-corrected chi connectivity index (χ1v) is 10.7. The van der Waals surface area contributed by atoms with Crippen molar-refractivity contribution in [3.63, 3.8) is 0 Å². The summed E-state index contributed by atoms with van der Waals surface area (Å²) < 4.78 is 5.79. The summed E-state index contributed by atoms with van der Waals surface area (Å²) in [6.45, 7) is 3.03. The van der Waals surface area contributed by atoms with Crippen molar-refractivity contribution >= 4 is 11.6 Å². The summed E-state index contributed by atoms with van der Waals surface area (Å²) in [7, 11) is 0. The van der Waals surface area contributed by atoms with E-state index in [1.165, 1.54) is 0 Å². The smallest absolute Gasteiger partial charge is 0.238 e. The van der Waals surface area contributed by atoms with E-state index in [2.05, 4.69) is 20.5 Å². The standard InChI is InChI=1S/C25H28N4O2/c30-25(28-21-9-11-24(12-10-21)31-23-7-2-1-3-8-23)19-29-16-13-20(14-17-29)27-18-22-6-4-5-15-26-22/h1-12,15,20,27H,13-14,16-19H2,(H,28,30). The van der Waals surface area contributed by atoms with E-state index in [1.54, 1.807) is 0 Å². The Balaban J connectivity index is 1.17. The highest BCUT2D eigenvalue weighted by Gasteiger charge is 2.20. The van der Waals surface area contributed by atoms with Crippen LogP contribution in [0, 0.1) is 0 Å². The summed E-state index contributed by atoms with van der Waals surface area (Å²) in [5, 5.41) is 6.55. The zero-order chi connectivity index (χ0) is 21.3. The van der Waals surface area contributed by atoms with Crippen LogP contribution in [0.5, 0.6) is 11.5 Å². The number of nitrogens with one attached hydrogen (secondary N) is 2. The van der Waals surface area contributed by atoms with Crippen molar-refractivity contribution in [2.75, 3.05) is 25.0 Å². The summed E-state index contributed by atoms with van der Waals surface area (Å²) in [5.41, 5.74) is 1.84. The number of likely N-dealkylation sites (tertiary alicyclic amines) is 1. The number of aromatic nitrogens is 1. The maximum atomic E-state index is 12.4. The summed E-state index contributed by atoms with van der Waals surface area (Å²) in [6, 6.07) is 23.5. The van der Waals surface area contributed by atoms with Gasteiger partial charge in [0, 0.05) is 37.6 Å². The molecule has 0 aliphatic carbocycles. The lowest BCUT2D eigenvalue weighted by Gasteiger charge is -2.31. The Bertz CT molecular complexity index is 940. The fraction of sp³-hybridized carbons (Fsp3) is 0.280. The highest BCUT2D eigenvalue weighted by molar-refractivity contribution is 5.92. The number of piperidine rings is 1. The highest BCUT2D eigenvalue weighted by atomic mass is 16.5. The van der Waals surface area contributed by atoms with Gasteiger partial charge in [0.2, 0.25) is 5.91 Å². The topological polar surface area (TPSA) is 66.5 Å². The molecule has 1 saturated heterocycles. The van der Waals surface area contributed by atoms with Gasteiger partial charge < -0.3 is 15.4 Å². The summed E-state index contributed by atoms with van der Waals surface area (Å²) in [6.07, 6.45) is 3.89. The molecule has 0 bridgehead atoms. The van der Waals surface area contributed by atoms with Crippen molar-refractivity contribution in [1.29, 1.82) is 0 Å². The average molecular weight is 417 g/mol. The Kier molecular flexibility index (Phi) is 7.26. The fourth-order valence-electron chi connectivity index (χ4n) is 3.68. The molecular formula is C25H28N4O2. The van der Waals surface area contributed by atoms with Gasteiger partial charge in [0.1, 0.15) is 11.5 Å². The maximum Gasteiger partial charge on any atom is 0.238 e. The van der Waals surface area contributed by atoms with Crippen LogP contribution in [0.1, 0.15) is 18.5 Å². The number of amides is 1. The van der Waals surface area contributed by atoms with Gasteiger partial charge >= 0.3 is 0 Å². The molecule has 0 saturated carbocycles. The predicted molar refractivity (Wildman–Crippen MR) is 122 cm³/mol. The number of ether oxygens (including phenoxy) is 1. The molecule has 1 aromatic heterocycles. The minimum absolute atomic E-state index is 0.0108. The molecular weight excluding hydrogens is 388 g/mol. The van der Waals surface area contributed by atoms with Crippen LogP contribution >= 0.6 is 0 Å². The third kappa shape index (κ3) is 6.64. The van der Waals surface area contributed by atoms with Gasteiger partial charge in [0.15, 0.2) is 0 Å². The van der Waals surface area contributed by atoms with Crippen LogP contribution in [0.2, 0.25) is 0 Å². The predicted octanol–water partition coefficient (Wildman–Crippen LogP) is 4.07. The molecule has 0 radical (unpaired) electrons. The van der Waals surface area contributed by atoms with Crippen LogP contribution in [0.4, 0.5) is 5.69 Å². The zero-order valence-corrected chi connectivity index (χ0v) is 17.5. The van der Waals surface area contributed by atoms with Crippen LogP contribution in [-0.2, 0) is 11.3 Å². The van der Waals surface area contributed by atoms with E-state index in [4.69, 9.17) is 4.74 Å². The number of nitrogens with zero attached hydrogens (tertiary/aromatic N) is 2. The largest absolute Gasteiger partial charge is 0.457 e. The quantitative estimate of drug-likeness (QED) is 0.580. The second kappa shape index (κ2) is 10.7. The molecule has 1 aliphatic heterocycles. The second-order valence-corrected chi connectivity index (χ2v) is 7.74. The molecule has 6 heteroatoms. The third-order valence-corrected chi connectivity index (χ3v) is 5.37. The van der Waals surface area contributed by atoms with Crippen molar-refractivity contribution < 1.29 is 9.53 Å². The monoisotopic (exact) mass is 416 g/mol. The molecule has 31 heavy (non-hydrogen) atoms. The lowest BCUT2D eigenvalue weighted by atomic mass is 10.0. The van der Waals surface area contributed by atoms with E-state index in [1.807, 2.05) is 79.0 Å². The number of hydrogen-bond acceptors (Lipinski definition) is 5. The first kappa shape index (κ1) is 21.0. The summed E-state index contributed by atoms with van der Waals surface area (Å²) >= 11 is 0. The van der Waals surface area contributed by atoms with E-state index in [0.29, 0.717) is 12.6 Å². The molecule has 2 aromatic carbocycles. The summed E-state index contributed by atoms with van der Waals surface area (Å²) in [4.78, 5) is 19.0. The molecule has 0 atom stereocenters. The number of hydrogen-bond donors (Lipinski definition) is 2. The van der Waals surface area contributed by atoms with Gasteiger partial charge in [-0.2, -0.15) is 0 Å². The molecule has 6 nitrogen and oxygen atoms in total. The highest BCUT2D eigenvalue weighted by Crippen LogP contribution is 2.22. The van der Waals surface area contributed by atoms with Gasteiger partial charge in [-0.1, -0.05) is 24.3 Å². The Morgan fingerprint density at radius 3 is 2.35 bits per heavy atom. The van der Waals surface area contributed by atoms with Crippen molar-refractivity contribution in [2.45, 2.75) is 25.4 Å². The average Bonchev–Trinajstić information content (AvgIpc) is 2.81. The van der Waals surface area contributed by atoms with E-state index in [9.17, 15) is 4.79 Å². The van der Waals surface area contributed by atoms with Crippen molar-refractivity contribution in [3.8, 4) is 11.5 Å². The lowest BCUT2D eigenvalue weighted by molar-refractivity contribution is -0.117. The number of rotatable bonds is 8. The van der Waals surface area contributed by atoms with E-state index >= 15 is 0 Å². The summed E-state index contributed by atoms with van der Waals surface area (Å²) in [5.74, 6) is 1.54. The zero-order valence-electron chi connectivity index (χ0n) is 17.5. The Labute approximate surface area is 183 Å². The lowest BCUT2D eigenvalue weighted by Crippen LogP contribution is -2.44. The number of para-hydroxylation sites is 1. The van der Waals surface area contributed by atoms with Gasteiger partial charge in [-0.15, -0.1) is 0 Å². The second-order valence-electron chi connectivity index (χ2n) is 7.74. The van der Waals surface area contributed by atoms with E-state index in [0.717, 1.165) is 55.4 Å². The Morgan fingerprint density at radius 1 is 0.935 bits per heavy atom. The molecule has 1 fully saturated rings. The van der Waals surface area contributed by atoms with Crippen LogP contribution in [0.3, 0.4) is 0 Å². The normalized spacial score (nSPS) is 14.8. The van der Waals surface area contributed by atoms with Crippen LogP contribution < -0.4 is 15.4 Å². The van der Waals surface area contributed by atoms with Gasteiger partial charge in [-0.05, 0) is 61.4 Å². The number of anilines is 1. The molecule has 4 rings (SSSR count). The van der Waals surface area contributed by atoms with E-state index < -0.39 is 0 Å². The fourth-order valence-corrected chi connectivity index (χ4v) is 3.68. The molecule has 2 heterocycles. The Morgan fingerprint density at radius 2 is 1.65 bits per heavy atom.